The molecular weight excluding hydrogens is 1050 g/mol. The second-order valence-corrected chi connectivity index (χ2v) is 24.8. The molecule has 8 aliphatic rings. The standard InChI is InChI=1S/C54H80O25/c1-20-32(61)36(65)38(67)45(72-20)77-40-35(64)29(76-48-41(34(63)28(18-55)75-48)78-46-39(68)37(66)33(62)21(2)73-46)19-71-47(40)74-27-15-24-23(50(6,7)44(27)69)14-25(57)42-51(8)16-26(58)43(52(51,9)17-31(60)53(24,42)10)54(11,70)30(59)12-13-49(4,5)79-22(3)56/h12-15,20-21,24-26,28-29,32-43,45-48,55,57-58,61-68,70H,16-19H2,1-11H3/b13-12+/t20-,21-,24+,25+,26+,28-,29-,32-,33-,34-,35-,36+,37+,38+,39+,40+,41+,42-,43-,45-,46-,47-,48-,51-,52+,53+,54-/m0/s1. The van der Waals surface area contributed by atoms with Crippen LogP contribution in [0.1, 0.15) is 89.0 Å². The number of aliphatic hydroxyl groups excluding tert-OH is 11. The van der Waals surface area contributed by atoms with Gasteiger partial charge in [0.05, 0.1) is 43.0 Å². The summed E-state index contributed by atoms with van der Waals surface area (Å²) in [6.07, 6.45) is -27.4. The van der Waals surface area contributed by atoms with Crippen molar-refractivity contribution >= 4 is 23.3 Å². The van der Waals surface area contributed by atoms with Gasteiger partial charge in [0.25, 0.3) is 0 Å². The summed E-state index contributed by atoms with van der Waals surface area (Å²) in [7, 11) is 0. The molecule has 12 N–H and O–H groups in total. The molecular formula is C54H80O25. The Bertz CT molecular complexity index is 2420. The number of carbonyl (C=O) groups excluding carboxylic acids is 4. The summed E-state index contributed by atoms with van der Waals surface area (Å²) in [4.78, 5) is 55.8. The number of allylic oxidation sites excluding steroid dienone is 3. The normalized spacial score (nSPS) is 48.8. The van der Waals surface area contributed by atoms with Gasteiger partial charge in [-0.1, -0.05) is 32.4 Å². The molecule has 6 fully saturated rings. The van der Waals surface area contributed by atoms with Crippen LogP contribution in [-0.2, 0) is 61.8 Å². The summed E-state index contributed by atoms with van der Waals surface area (Å²) in [5.74, 6) is -6.19. The molecule has 4 heterocycles. The Labute approximate surface area is 456 Å². The molecule has 0 spiro atoms. The van der Waals surface area contributed by atoms with Gasteiger partial charge in [-0.25, -0.2) is 0 Å². The largest absolute Gasteiger partial charge is 0.459 e. The first kappa shape index (κ1) is 61.8. The molecule has 4 aliphatic heterocycles. The van der Waals surface area contributed by atoms with E-state index >= 15 is 4.79 Å². The zero-order valence-electron chi connectivity index (χ0n) is 46.1. The Hall–Kier alpha value is -3.26. The van der Waals surface area contributed by atoms with Crippen LogP contribution >= 0.6 is 0 Å². The fraction of sp³-hybridized carbons (Fsp3) is 0.815. The van der Waals surface area contributed by atoms with Crippen molar-refractivity contribution in [2.24, 2.45) is 39.4 Å². The third-order valence-electron chi connectivity index (χ3n) is 18.8. The molecule has 0 amide bonds. The van der Waals surface area contributed by atoms with Crippen LogP contribution in [-0.4, -0.2) is 232 Å². The Morgan fingerprint density at radius 3 is 1.82 bits per heavy atom. The van der Waals surface area contributed by atoms with Crippen LogP contribution in [0, 0.1) is 39.4 Å². The minimum atomic E-state index is -2.28. The summed E-state index contributed by atoms with van der Waals surface area (Å²) < 4.78 is 53.1. The summed E-state index contributed by atoms with van der Waals surface area (Å²) in [5, 5.41) is 134. The number of fused-ring (bicyclic) bond motifs is 5. The van der Waals surface area contributed by atoms with Crippen LogP contribution in [0.4, 0.5) is 0 Å². The van der Waals surface area contributed by atoms with Gasteiger partial charge in [0.15, 0.2) is 36.5 Å². The predicted octanol–water partition coefficient (Wildman–Crippen LogP) is -2.77. The molecule has 79 heavy (non-hydrogen) atoms. The van der Waals surface area contributed by atoms with Gasteiger partial charge in [0.2, 0.25) is 12.1 Å². The Kier molecular flexibility index (Phi) is 17.0. The van der Waals surface area contributed by atoms with Crippen LogP contribution in [0.25, 0.3) is 0 Å². The highest BCUT2D eigenvalue weighted by atomic mass is 16.8. The third kappa shape index (κ3) is 10.3. The van der Waals surface area contributed by atoms with Crippen molar-refractivity contribution in [2.75, 3.05) is 13.2 Å². The molecule has 25 heteroatoms. The molecule has 27 atom stereocenters. The van der Waals surface area contributed by atoms with E-state index in [0.29, 0.717) is 5.57 Å². The number of aliphatic hydroxyl groups is 12. The zero-order valence-corrected chi connectivity index (χ0v) is 46.1. The van der Waals surface area contributed by atoms with Crippen molar-refractivity contribution < 1.29 is 123 Å². The van der Waals surface area contributed by atoms with Crippen molar-refractivity contribution in [3.05, 3.63) is 35.6 Å². The van der Waals surface area contributed by atoms with E-state index in [9.17, 15) is 75.7 Å². The van der Waals surface area contributed by atoms with Crippen LogP contribution in [0.15, 0.2) is 35.6 Å². The molecule has 0 unspecified atom stereocenters. The maximum atomic E-state index is 15.3. The number of hydrogen-bond acceptors (Lipinski definition) is 25. The van der Waals surface area contributed by atoms with Gasteiger partial charge in [-0.3, -0.25) is 19.2 Å². The van der Waals surface area contributed by atoms with Gasteiger partial charge >= 0.3 is 5.97 Å². The van der Waals surface area contributed by atoms with E-state index in [-0.39, 0.29) is 18.6 Å². The van der Waals surface area contributed by atoms with Crippen molar-refractivity contribution in [3.63, 3.8) is 0 Å². The Balaban J connectivity index is 1.11. The summed E-state index contributed by atoms with van der Waals surface area (Å²) in [5.41, 5.74) is -8.77. The van der Waals surface area contributed by atoms with Crippen LogP contribution in [0.3, 0.4) is 0 Å². The number of carbonyl (C=O) groups is 4. The average Bonchev–Trinajstić information content (AvgIpc) is 2.38. The first-order valence-electron chi connectivity index (χ1n) is 26.8. The first-order valence-corrected chi connectivity index (χ1v) is 26.8. The first-order chi connectivity index (χ1) is 36.5. The number of rotatable bonds is 14. The monoisotopic (exact) mass is 1130 g/mol. The molecule has 0 aromatic heterocycles. The number of esters is 1. The molecule has 0 radical (unpaired) electrons. The predicted molar refractivity (Wildman–Crippen MR) is 265 cm³/mol. The number of Topliss-reactive ketones (excluding diaryl/α,β-unsaturated/α-hetero) is 2. The maximum absolute atomic E-state index is 15.3. The molecule has 2 saturated carbocycles. The van der Waals surface area contributed by atoms with Gasteiger partial charge in [0.1, 0.15) is 84.1 Å². The van der Waals surface area contributed by atoms with Crippen molar-refractivity contribution in [3.8, 4) is 0 Å². The summed E-state index contributed by atoms with van der Waals surface area (Å²) in [6, 6.07) is 0. The van der Waals surface area contributed by atoms with E-state index in [1.807, 2.05) is 0 Å². The topological polar surface area (TPSA) is 394 Å². The Morgan fingerprint density at radius 2 is 1.28 bits per heavy atom. The average molecular weight is 1130 g/mol. The van der Waals surface area contributed by atoms with E-state index in [4.69, 9.17) is 42.6 Å². The zero-order chi connectivity index (χ0) is 58.8. The van der Waals surface area contributed by atoms with Crippen LogP contribution in [0.2, 0.25) is 0 Å². The molecule has 25 nitrogen and oxygen atoms in total. The van der Waals surface area contributed by atoms with E-state index in [1.165, 1.54) is 45.9 Å². The molecule has 446 valence electrons. The number of ketones is 3. The van der Waals surface area contributed by atoms with Crippen molar-refractivity contribution in [1.82, 2.24) is 0 Å². The highest BCUT2D eigenvalue weighted by Gasteiger charge is 2.76. The Morgan fingerprint density at radius 1 is 0.722 bits per heavy atom. The van der Waals surface area contributed by atoms with Gasteiger partial charge in [-0.05, 0) is 83.9 Å². The number of ether oxygens (including phenoxy) is 9. The third-order valence-corrected chi connectivity index (χ3v) is 18.8. The smallest absolute Gasteiger partial charge is 0.303 e. The van der Waals surface area contributed by atoms with E-state index in [1.54, 1.807) is 48.5 Å². The molecule has 0 bridgehead atoms. The van der Waals surface area contributed by atoms with Crippen LogP contribution < -0.4 is 0 Å². The van der Waals surface area contributed by atoms with E-state index < -0.39 is 210 Å². The summed E-state index contributed by atoms with van der Waals surface area (Å²) >= 11 is 0. The highest BCUT2D eigenvalue weighted by molar-refractivity contribution is 6.02. The molecule has 8 rings (SSSR count). The maximum Gasteiger partial charge on any atom is 0.303 e. The summed E-state index contributed by atoms with van der Waals surface area (Å²) in [6.45, 7) is 15.2. The van der Waals surface area contributed by atoms with Crippen molar-refractivity contribution in [1.29, 1.82) is 0 Å². The van der Waals surface area contributed by atoms with Gasteiger partial charge < -0.3 is 104 Å². The second-order valence-electron chi connectivity index (χ2n) is 24.8. The van der Waals surface area contributed by atoms with Crippen LogP contribution in [0.5, 0.6) is 0 Å². The molecule has 0 aromatic carbocycles. The SMILES string of the molecule is CC(=O)OC(C)(C)/C=C/C(=O)[C@](C)(O)[C@H]1[C@H](O)C[C@@]2(C)[C@@H]3[C@H](O)C=C4[C@@H](C=C(O[C@@H]5OC[C@H](O[C@@H]6O[C@@H](CO)[C@H](O)[C@H]6O[C@@H]6O[C@@H](C)[C@H](O)[C@@H](O)[C@H]6O)[C@H](O)[C@H]5O[C@@H]5O[C@@H](C)[C@H](O)[C@@H](O)[C@H]5O)C(=O)C4(C)C)[C@]3(C)C(=O)C[C@]12C. The van der Waals surface area contributed by atoms with Gasteiger partial charge in [-0.2, -0.15) is 0 Å². The molecule has 0 aromatic rings. The fourth-order valence-corrected chi connectivity index (χ4v) is 14.2. The lowest BCUT2D eigenvalue weighted by molar-refractivity contribution is -0.362. The van der Waals surface area contributed by atoms with E-state index in [2.05, 4.69) is 0 Å². The lowest BCUT2D eigenvalue weighted by atomic mass is 9.38. The minimum Gasteiger partial charge on any atom is -0.459 e. The second kappa shape index (κ2) is 21.7. The molecule has 4 saturated heterocycles. The van der Waals surface area contributed by atoms with Gasteiger partial charge in [0, 0.05) is 36.5 Å². The highest BCUT2D eigenvalue weighted by Crippen LogP contribution is 2.74. The minimum absolute atomic E-state index is 0.0766. The fourth-order valence-electron chi connectivity index (χ4n) is 14.2. The number of hydrogen-bond donors (Lipinski definition) is 12. The molecule has 4 aliphatic carbocycles. The van der Waals surface area contributed by atoms with E-state index in [0.717, 1.165) is 6.08 Å². The lowest BCUT2D eigenvalue weighted by Crippen LogP contribution is -2.67. The quantitative estimate of drug-likeness (QED) is 0.0476. The van der Waals surface area contributed by atoms with Crippen molar-refractivity contribution in [2.45, 2.75) is 223 Å². The lowest BCUT2D eigenvalue weighted by Gasteiger charge is -2.64. The van der Waals surface area contributed by atoms with Gasteiger partial charge in [-0.15, -0.1) is 0 Å².